The molecule has 1 N–H and O–H groups in total. The van der Waals surface area contributed by atoms with E-state index in [2.05, 4.69) is 0 Å². The van der Waals surface area contributed by atoms with E-state index in [-0.39, 0.29) is 12.6 Å². The van der Waals surface area contributed by atoms with Crippen LogP contribution in [0.2, 0.25) is 0 Å². The second kappa shape index (κ2) is 6.72. The van der Waals surface area contributed by atoms with Gasteiger partial charge in [-0.1, -0.05) is 23.9 Å². The molecule has 7 heteroatoms. The minimum Gasteiger partial charge on any atom is -0.395 e. The maximum Gasteiger partial charge on any atom is 0.243 e. The monoisotopic (exact) mass is 355 g/mol. The van der Waals surface area contributed by atoms with Gasteiger partial charge in [-0.15, -0.1) is 11.3 Å². The number of rotatable bonds is 5. The lowest BCUT2D eigenvalue weighted by Gasteiger charge is -2.22. The summed E-state index contributed by atoms with van der Waals surface area (Å²) < 4.78 is 28.1. The van der Waals surface area contributed by atoms with Crippen LogP contribution in [0.3, 0.4) is 0 Å². The molecule has 118 valence electrons. The number of sulfonamides is 1. The molecule has 0 unspecified atom stereocenters. The zero-order valence-corrected chi connectivity index (χ0v) is 14.3. The van der Waals surface area contributed by atoms with Gasteiger partial charge in [0.05, 0.1) is 15.7 Å². The third kappa shape index (κ3) is 3.23. The molecule has 0 amide bonds. The van der Waals surface area contributed by atoms with E-state index in [1.54, 1.807) is 41.3 Å². The van der Waals surface area contributed by atoms with Gasteiger partial charge in [0.15, 0.2) is 0 Å². The molecule has 0 saturated carbocycles. The van der Waals surface area contributed by atoms with Crippen LogP contribution in [0.4, 0.5) is 0 Å². The first kappa shape index (κ1) is 16.0. The van der Waals surface area contributed by atoms with Gasteiger partial charge in [0.2, 0.25) is 10.0 Å². The number of benzene rings is 1. The Morgan fingerprint density at radius 3 is 2.91 bits per heavy atom. The van der Waals surface area contributed by atoms with Crippen LogP contribution in [0.5, 0.6) is 0 Å². The van der Waals surface area contributed by atoms with E-state index in [1.165, 1.54) is 4.31 Å². The molecule has 1 aliphatic rings. The topological polar surface area (TPSA) is 57.6 Å². The fourth-order valence-corrected chi connectivity index (χ4v) is 6.19. The average Bonchev–Trinajstić information content (AvgIpc) is 3.18. The van der Waals surface area contributed by atoms with Crippen LogP contribution in [0.15, 0.2) is 55.8 Å². The van der Waals surface area contributed by atoms with Gasteiger partial charge in [-0.2, -0.15) is 4.31 Å². The number of nitrogens with zero attached hydrogens (tertiary/aromatic N) is 1. The van der Waals surface area contributed by atoms with E-state index < -0.39 is 10.0 Å². The zero-order valence-electron chi connectivity index (χ0n) is 11.9. The molecule has 22 heavy (non-hydrogen) atoms. The van der Waals surface area contributed by atoms with Crippen LogP contribution in [-0.4, -0.2) is 37.0 Å². The summed E-state index contributed by atoms with van der Waals surface area (Å²) >= 11 is 3.19. The van der Waals surface area contributed by atoms with Crippen molar-refractivity contribution in [2.45, 2.75) is 32.9 Å². The van der Waals surface area contributed by atoms with Crippen molar-refractivity contribution in [2.24, 2.45) is 0 Å². The van der Waals surface area contributed by atoms with Crippen LogP contribution in [0.1, 0.15) is 12.8 Å². The fraction of sp³-hybridized carbons (Fsp3) is 0.333. The maximum atomic E-state index is 12.8. The number of hydrogen-bond acceptors (Lipinski definition) is 5. The van der Waals surface area contributed by atoms with Crippen molar-refractivity contribution in [1.29, 1.82) is 0 Å². The first-order valence-electron chi connectivity index (χ1n) is 7.05. The van der Waals surface area contributed by atoms with E-state index in [1.807, 2.05) is 23.6 Å². The Kier molecular flexibility index (Phi) is 4.89. The minimum atomic E-state index is -3.54. The van der Waals surface area contributed by atoms with E-state index in [0.717, 1.165) is 21.9 Å². The minimum absolute atomic E-state index is 0.122. The van der Waals surface area contributed by atoms with Crippen LogP contribution in [0, 0.1) is 0 Å². The summed E-state index contributed by atoms with van der Waals surface area (Å²) in [7, 11) is -3.54. The van der Waals surface area contributed by atoms with Crippen molar-refractivity contribution >= 4 is 33.1 Å². The molecule has 1 aliphatic heterocycles. The summed E-state index contributed by atoms with van der Waals surface area (Å²) in [6.07, 6.45) is 1.52. The lowest BCUT2D eigenvalue weighted by atomic mass is 10.2. The van der Waals surface area contributed by atoms with E-state index in [4.69, 9.17) is 0 Å². The van der Waals surface area contributed by atoms with Gasteiger partial charge in [-0.05, 0) is 42.5 Å². The number of aliphatic hydroxyl groups excluding tert-OH is 1. The van der Waals surface area contributed by atoms with Crippen LogP contribution in [-0.2, 0) is 10.0 Å². The Balaban J connectivity index is 1.87. The first-order chi connectivity index (χ1) is 10.6. The molecule has 2 aromatic rings. The van der Waals surface area contributed by atoms with Crippen molar-refractivity contribution in [3.63, 3.8) is 0 Å². The predicted octanol–water partition coefficient (Wildman–Crippen LogP) is 3.04. The van der Waals surface area contributed by atoms with Crippen molar-refractivity contribution in [2.75, 3.05) is 13.2 Å². The highest BCUT2D eigenvalue weighted by Crippen LogP contribution is 2.33. The molecule has 0 radical (unpaired) electrons. The number of hydrogen-bond donors (Lipinski definition) is 1. The van der Waals surface area contributed by atoms with Gasteiger partial charge < -0.3 is 5.11 Å². The highest BCUT2D eigenvalue weighted by Gasteiger charge is 2.34. The van der Waals surface area contributed by atoms with Gasteiger partial charge in [0, 0.05) is 17.5 Å². The molecule has 1 aromatic carbocycles. The zero-order chi connectivity index (χ0) is 15.6. The molecular formula is C15H17NO3S3. The second-order valence-electron chi connectivity index (χ2n) is 5.10. The van der Waals surface area contributed by atoms with E-state index in [9.17, 15) is 13.5 Å². The molecule has 3 rings (SSSR count). The van der Waals surface area contributed by atoms with Gasteiger partial charge in [0.25, 0.3) is 0 Å². The van der Waals surface area contributed by atoms with Gasteiger partial charge >= 0.3 is 0 Å². The van der Waals surface area contributed by atoms with Crippen molar-refractivity contribution < 1.29 is 13.5 Å². The molecule has 1 fully saturated rings. The molecule has 0 spiro atoms. The summed E-state index contributed by atoms with van der Waals surface area (Å²) in [5.74, 6) is 0. The largest absolute Gasteiger partial charge is 0.395 e. The van der Waals surface area contributed by atoms with Crippen molar-refractivity contribution in [1.82, 2.24) is 4.31 Å². The SMILES string of the molecule is O=S(=O)(c1cccc(Sc2cccs2)c1)N1CCC[C@H]1CO. The maximum absolute atomic E-state index is 12.8. The normalized spacial score (nSPS) is 19.6. The lowest BCUT2D eigenvalue weighted by molar-refractivity contribution is 0.213. The van der Waals surface area contributed by atoms with Crippen molar-refractivity contribution in [3.8, 4) is 0 Å². The smallest absolute Gasteiger partial charge is 0.243 e. The summed E-state index contributed by atoms with van der Waals surface area (Å²) in [6.45, 7) is 0.360. The van der Waals surface area contributed by atoms with Gasteiger partial charge in [0.1, 0.15) is 0 Å². The van der Waals surface area contributed by atoms with E-state index >= 15 is 0 Å². The third-order valence-corrected chi connectivity index (χ3v) is 7.63. The van der Waals surface area contributed by atoms with E-state index in [0.29, 0.717) is 11.4 Å². The molecule has 4 nitrogen and oxygen atoms in total. The van der Waals surface area contributed by atoms with Gasteiger partial charge in [-0.25, -0.2) is 8.42 Å². The molecule has 2 heterocycles. The summed E-state index contributed by atoms with van der Waals surface area (Å²) in [5, 5.41) is 11.4. The molecule has 1 aromatic heterocycles. The first-order valence-corrected chi connectivity index (χ1v) is 10.2. The van der Waals surface area contributed by atoms with Crippen LogP contribution >= 0.6 is 23.1 Å². The Bertz CT molecular complexity index is 728. The fourth-order valence-electron chi connectivity index (χ4n) is 2.58. The highest BCUT2D eigenvalue weighted by atomic mass is 32.2. The lowest BCUT2D eigenvalue weighted by Crippen LogP contribution is -2.37. The Hall–Kier alpha value is -0.860. The average molecular weight is 356 g/mol. The second-order valence-corrected chi connectivity index (χ2v) is 9.32. The summed E-state index contributed by atoms with van der Waals surface area (Å²) in [4.78, 5) is 1.21. The highest BCUT2D eigenvalue weighted by molar-refractivity contribution is 8.01. The number of thiophene rings is 1. The molecule has 0 aliphatic carbocycles. The summed E-state index contributed by atoms with van der Waals surface area (Å²) in [6, 6.07) is 10.7. The summed E-state index contributed by atoms with van der Waals surface area (Å²) in [5.41, 5.74) is 0. The quantitative estimate of drug-likeness (QED) is 0.896. The Labute approximate surface area is 138 Å². The number of aliphatic hydroxyl groups is 1. The molecule has 1 saturated heterocycles. The molecule has 0 bridgehead atoms. The molecular weight excluding hydrogens is 338 g/mol. The van der Waals surface area contributed by atoms with Crippen molar-refractivity contribution in [3.05, 3.63) is 41.8 Å². The third-order valence-electron chi connectivity index (χ3n) is 3.66. The van der Waals surface area contributed by atoms with Crippen LogP contribution in [0.25, 0.3) is 0 Å². The standard InChI is InChI=1S/C15H17NO3S3/c17-11-12-4-2-8-16(12)22(18,19)14-6-1-5-13(10-14)21-15-7-3-9-20-15/h1,3,5-7,9-10,12,17H,2,4,8,11H2/t12-/m0/s1. The van der Waals surface area contributed by atoms with Gasteiger partial charge in [-0.3, -0.25) is 0 Å². The Morgan fingerprint density at radius 1 is 1.32 bits per heavy atom. The Morgan fingerprint density at radius 2 is 2.18 bits per heavy atom. The van der Waals surface area contributed by atoms with Crippen LogP contribution < -0.4 is 0 Å². The molecule has 1 atom stereocenters. The predicted molar refractivity (Wildman–Crippen MR) is 88.9 cm³/mol.